The molecule has 0 radical (unpaired) electrons. The van der Waals surface area contributed by atoms with Gasteiger partial charge in [-0.25, -0.2) is 23.1 Å². The van der Waals surface area contributed by atoms with E-state index in [9.17, 15) is 33.4 Å². The number of nitro benzene ring substituents is 2. The molecule has 2 aromatic carbocycles. The third-order valence-electron chi connectivity index (χ3n) is 5.61. The molecule has 14 nitrogen and oxygen atoms in total. The molecule has 0 saturated carbocycles. The third kappa shape index (κ3) is 5.78. The Morgan fingerprint density at radius 1 is 0.919 bits per heavy atom. The van der Waals surface area contributed by atoms with Crippen molar-refractivity contribution in [1.82, 2.24) is 14.9 Å². The van der Waals surface area contributed by atoms with Gasteiger partial charge in [-0.1, -0.05) is 0 Å². The minimum absolute atomic E-state index is 0.129. The van der Waals surface area contributed by atoms with Gasteiger partial charge in [-0.15, -0.1) is 0 Å². The van der Waals surface area contributed by atoms with Gasteiger partial charge in [0.2, 0.25) is 5.95 Å². The Morgan fingerprint density at radius 3 is 2.03 bits per heavy atom. The molecule has 2 heterocycles. The summed E-state index contributed by atoms with van der Waals surface area (Å²) in [7, 11) is -4.03. The smallest absolute Gasteiger partial charge is 0.300 e. The van der Waals surface area contributed by atoms with Gasteiger partial charge in [-0.3, -0.25) is 25.0 Å². The second-order valence-corrected chi connectivity index (χ2v) is 9.77. The molecule has 1 amide bonds. The Hall–Kier alpha value is -4.66. The molecule has 15 heteroatoms. The van der Waals surface area contributed by atoms with E-state index in [0.717, 1.165) is 31.4 Å². The second-order valence-electron chi connectivity index (χ2n) is 8.08. The number of likely N-dealkylation sites (tertiary alicyclic amines) is 1. The van der Waals surface area contributed by atoms with E-state index in [1.165, 1.54) is 47.6 Å². The fourth-order valence-electron chi connectivity index (χ4n) is 3.82. The highest BCUT2D eigenvalue weighted by molar-refractivity contribution is 7.92. The number of carbonyl (C=O) groups excluding carboxylic acids is 1. The van der Waals surface area contributed by atoms with Crippen LogP contribution in [0.25, 0.3) is 0 Å². The van der Waals surface area contributed by atoms with Gasteiger partial charge in [-0.05, 0) is 49.6 Å². The summed E-state index contributed by atoms with van der Waals surface area (Å²) in [5.41, 5.74) is -1.75. The van der Waals surface area contributed by atoms with Gasteiger partial charge in [0.15, 0.2) is 5.69 Å². The number of nitro groups is 2. The van der Waals surface area contributed by atoms with Crippen molar-refractivity contribution >= 4 is 44.6 Å². The summed E-state index contributed by atoms with van der Waals surface area (Å²) in [4.78, 5) is 43.8. The lowest BCUT2D eigenvalue weighted by atomic mass is 10.1. The summed E-state index contributed by atoms with van der Waals surface area (Å²) >= 11 is 0. The number of amides is 1. The van der Waals surface area contributed by atoms with E-state index in [1.54, 1.807) is 0 Å². The Kier molecular flexibility index (Phi) is 7.24. The SMILES string of the molecule is O=C(c1cc([N+](=O)[O-])c(Nc2ccc(S(=O)(=O)Nc3ncccn3)cc2)c([N+](=O)[O-])c1)N1CCCCC1. The molecule has 0 aliphatic carbocycles. The van der Waals surface area contributed by atoms with Crippen molar-refractivity contribution in [1.29, 1.82) is 0 Å². The van der Waals surface area contributed by atoms with E-state index in [0.29, 0.717) is 13.1 Å². The molecule has 1 aliphatic rings. The number of anilines is 3. The number of rotatable bonds is 8. The fourth-order valence-corrected chi connectivity index (χ4v) is 4.78. The Morgan fingerprint density at radius 2 is 1.49 bits per heavy atom. The minimum Gasteiger partial charge on any atom is -0.344 e. The number of hydrogen-bond acceptors (Lipinski definition) is 10. The van der Waals surface area contributed by atoms with Crippen LogP contribution in [0, 0.1) is 20.2 Å². The molecule has 1 fully saturated rings. The van der Waals surface area contributed by atoms with Crippen LogP contribution in [-0.2, 0) is 10.0 Å². The number of sulfonamides is 1. The molecule has 3 aromatic rings. The number of aromatic nitrogens is 2. The van der Waals surface area contributed by atoms with E-state index in [1.807, 2.05) is 0 Å². The van der Waals surface area contributed by atoms with Gasteiger partial charge in [0.05, 0.1) is 20.3 Å². The minimum atomic E-state index is -4.03. The molecule has 0 spiro atoms. The number of nitrogens with one attached hydrogen (secondary N) is 2. The highest BCUT2D eigenvalue weighted by atomic mass is 32.2. The molecule has 0 atom stereocenters. The van der Waals surface area contributed by atoms with Crippen molar-refractivity contribution in [2.24, 2.45) is 0 Å². The Labute approximate surface area is 210 Å². The molecule has 1 saturated heterocycles. The van der Waals surface area contributed by atoms with E-state index in [2.05, 4.69) is 20.0 Å². The molecule has 1 aliphatic heterocycles. The van der Waals surface area contributed by atoms with Crippen molar-refractivity contribution in [2.45, 2.75) is 24.2 Å². The number of hydrogen-bond donors (Lipinski definition) is 2. The average molecular weight is 528 g/mol. The molecule has 0 unspecified atom stereocenters. The van der Waals surface area contributed by atoms with E-state index >= 15 is 0 Å². The monoisotopic (exact) mass is 527 g/mol. The Bertz CT molecular complexity index is 1410. The average Bonchev–Trinajstić information content (AvgIpc) is 2.89. The molecular formula is C22H21N7O7S. The van der Waals surface area contributed by atoms with E-state index in [-0.39, 0.29) is 22.1 Å². The summed E-state index contributed by atoms with van der Waals surface area (Å²) in [6.07, 6.45) is 5.26. The predicted molar refractivity (Wildman–Crippen MR) is 132 cm³/mol. The molecule has 37 heavy (non-hydrogen) atoms. The lowest BCUT2D eigenvalue weighted by Crippen LogP contribution is -2.35. The van der Waals surface area contributed by atoms with Crippen LogP contribution < -0.4 is 10.0 Å². The number of nitrogens with zero attached hydrogens (tertiary/aromatic N) is 5. The summed E-state index contributed by atoms with van der Waals surface area (Å²) in [5, 5.41) is 26.3. The molecule has 192 valence electrons. The van der Waals surface area contributed by atoms with Crippen LogP contribution in [0.15, 0.2) is 59.8 Å². The first-order valence-electron chi connectivity index (χ1n) is 11.1. The highest BCUT2D eigenvalue weighted by Crippen LogP contribution is 2.38. The maximum absolute atomic E-state index is 12.9. The first-order valence-corrected chi connectivity index (χ1v) is 12.6. The molecule has 4 rings (SSSR count). The molecule has 0 bridgehead atoms. The normalized spacial score (nSPS) is 13.6. The van der Waals surface area contributed by atoms with Crippen molar-refractivity contribution in [3.8, 4) is 0 Å². The second kappa shape index (κ2) is 10.5. The fraction of sp³-hybridized carbons (Fsp3) is 0.227. The van der Waals surface area contributed by atoms with Crippen molar-refractivity contribution in [3.63, 3.8) is 0 Å². The third-order valence-corrected chi connectivity index (χ3v) is 6.95. The molecule has 2 N–H and O–H groups in total. The van der Waals surface area contributed by atoms with Crippen LogP contribution in [0.4, 0.5) is 28.7 Å². The first kappa shape index (κ1) is 25.4. The van der Waals surface area contributed by atoms with Crippen LogP contribution in [0.2, 0.25) is 0 Å². The van der Waals surface area contributed by atoms with Crippen molar-refractivity contribution in [2.75, 3.05) is 23.1 Å². The zero-order chi connectivity index (χ0) is 26.6. The van der Waals surface area contributed by atoms with Gasteiger partial charge in [0, 0.05) is 43.3 Å². The molecular weight excluding hydrogens is 506 g/mol. The standard InChI is InChI=1S/C22H21N7O7S/c30-21(27-11-2-1-3-12-27)15-13-18(28(31)32)20(19(14-15)29(33)34)25-16-5-7-17(8-6-16)37(35,36)26-22-23-9-4-10-24-22/h4-10,13-14,25H,1-3,11-12H2,(H,23,24,26). The zero-order valence-corrected chi connectivity index (χ0v) is 20.1. The van der Waals surface area contributed by atoms with Gasteiger partial charge < -0.3 is 10.2 Å². The van der Waals surface area contributed by atoms with Crippen LogP contribution in [0.5, 0.6) is 0 Å². The lowest BCUT2D eigenvalue weighted by Gasteiger charge is -2.26. The van der Waals surface area contributed by atoms with Crippen molar-refractivity contribution in [3.05, 3.63) is 80.7 Å². The van der Waals surface area contributed by atoms with Gasteiger partial charge in [0.1, 0.15) is 0 Å². The van der Waals surface area contributed by atoms with E-state index in [4.69, 9.17) is 0 Å². The lowest BCUT2D eigenvalue weighted by molar-refractivity contribution is -0.392. The highest BCUT2D eigenvalue weighted by Gasteiger charge is 2.30. The quantitative estimate of drug-likeness (QED) is 0.324. The number of carbonyl (C=O) groups is 1. The summed E-state index contributed by atoms with van der Waals surface area (Å²) in [5.74, 6) is -0.642. The predicted octanol–water partition coefficient (Wildman–Crippen LogP) is 3.46. The summed E-state index contributed by atoms with van der Waals surface area (Å²) in [6.45, 7) is 0.946. The summed E-state index contributed by atoms with van der Waals surface area (Å²) < 4.78 is 27.3. The van der Waals surface area contributed by atoms with E-state index < -0.39 is 42.8 Å². The maximum Gasteiger partial charge on any atom is 0.300 e. The number of benzene rings is 2. The number of piperidine rings is 1. The topological polar surface area (TPSA) is 191 Å². The first-order chi connectivity index (χ1) is 17.7. The largest absolute Gasteiger partial charge is 0.344 e. The van der Waals surface area contributed by atoms with Gasteiger partial charge in [0.25, 0.3) is 15.9 Å². The zero-order valence-electron chi connectivity index (χ0n) is 19.2. The van der Waals surface area contributed by atoms with Gasteiger partial charge in [-0.2, -0.15) is 0 Å². The van der Waals surface area contributed by atoms with Crippen LogP contribution in [0.1, 0.15) is 29.6 Å². The van der Waals surface area contributed by atoms with Crippen LogP contribution in [-0.4, -0.2) is 52.1 Å². The van der Waals surface area contributed by atoms with Crippen LogP contribution >= 0.6 is 0 Å². The maximum atomic E-state index is 12.9. The Balaban J connectivity index is 1.64. The van der Waals surface area contributed by atoms with Gasteiger partial charge >= 0.3 is 11.4 Å². The summed E-state index contributed by atoms with van der Waals surface area (Å²) in [6, 6.07) is 8.54. The van der Waals surface area contributed by atoms with Crippen LogP contribution in [0.3, 0.4) is 0 Å². The van der Waals surface area contributed by atoms with Crippen molar-refractivity contribution < 1.29 is 23.1 Å². The molecule has 1 aromatic heterocycles.